The summed E-state index contributed by atoms with van der Waals surface area (Å²) in [6.45, 7) is 29.6. The largest absolute Gasteiger partial charge is 1.00 e. The average Bonchev–Trinajstić information content (AvgIpc) is 3.45. The summed E-state index contributed by atoms with van der Waals surface area (Å²) in [5.74, 6) is 2.48. The summed E-state index contributed by atoms with van der Waals surface area (Å²) >= 11 is -2.08. The molecule has 0 amide bonds. The van der Waals surface area contributed by atoms with Crippen LogP contribution in [0.5, 0.6) is 0 Å². The first-order valence-corrected chi connectivity index (χ1v) is 25.4. The summed E-state index contributed by atoms with van der Waals surface area (Å²) in [6, 6.07) is 10.6. The van der Waals surface area contributed by atoms with E-state index in [0.29, 0.717) is 30.9 Å². The molecule has 230 valence electrons. The van der Waals surface area contributed by atoms with E-state index in [1.54, 1.807) is 55.7 Å². The summed E-state index contributed by atoms with van der Waals surface area (Å²) < 4.78 is 1.43. The van der Waals surface area contributed by atoms with Crippen LogP contribution in [0.15, 0.2) is 35.4 Å². The molecule has 0 nitrogen and oxygen atoms in total. The van der Waals surface area contributed by atoms with Crippen LogP contribution < -0.4 is 24.8 Å². The summed E-state index contributed by atoms with van der Waals surface area (Å²) in [6.07, 6.45) is 10.1. The zero-order chi connectivity index (χ0) is 29.5. The normalized spacial score (nSPS) is 19.6. The van der Waals surface area contributed by atoms with Gasteiger partial charge < -0.3 is 24.8 Å². The van der Waals surface area contributed by atoms with Crippen LogP contribution in [0.25, 0.3) is 12.2 Å². The van der Waals surface area contributed by atoms with E-state index < -0.39 is 25.8 Å². The Bertz CT molecular complexity index is 1270. The van der Waals surface area contributed by atoms with Gasteiger partial charge in [-0.2, -0.15) is 0 Å². The molecule has 0 aromatic heterocycles. The minimum atomic E-state index is -2.08. The van der Waals surface area contributed by atoms with Gasteiger partial charge in [0.25, 0.3) is 0 Å². The zero-order valence-corrected chi connectivity index (χ0v) is 33.5. The van der Waals surface area contributed by atoms with Crippen molar-refractivity contribution in [1.82, 2.24) is 0 Å². The third-order valence-electron chi connectivity index (χ3n) is 10.7. The van der Waals surface area contributed by atoms with Crippen molar-refractivity contribution in [3.63, 3.8) is 0 Å². The molecular weight excluding hydrogens is 647 g/mol. The van der Waals surface area contributed by atoms with Crippen molar-refractivity contribution in [3.05, 3.63) is 79.9 Å². The molecule has 6 unspecified atom stereocenters. The van der Waals surface area contributed by atoms with E-state index in [1.165, 1.54) is 25.7 Å². The molecule has 42 heavy (non-hydrogen) atoms. The Morgan fingerprint density at radius 2 is 0.929 bits per heavy atom. The number of hydrogen-bond donors (Lipinski definition) is 0. The van der Waals surface area contributed by atoms with Crippen LogP contribution in [0.2, 0.25) is 13.1 Å². The third-order valence-corrected chi connectivity index (χ3v) is 30.6. The molecule has 0 spiro atoms. The molecule has 4 rings (SSSR count). The van der Waals surface area contributed by atoms with Crippen LogP contribution in [-0.4, -0.2) is 5.43 Å². The number of fused-ring (bicyclic) bond motifs is 2. The number of halogens is 2. The topological polar surface area (TPSA) is 0 Å². The van der Waals surface area contributed by atoms with E-state index in [4.69, 9.17) is 0 Å². The number of hydrogen-bond acceptors (Lipinski definition) is 0. The predicted octanol–water partition coefficient (Wildman–Crippen LogP) is 6.23. The van der Waals surface area contributed by atoms with Crippen LogP contribution in [0.1, 0.15) is 170 Å². The minimum Gasteiger partial charge on any atom is -1.00 e. The monoisotopic (exact) mass is 700 g/mol. The second-order valence-electron chi connectivity index (χ2n) is 13.6. The van der Waals surface area contributed by atoms with Gasteiger partial charge in [-0.3, -0.25) is 0 Å². The van der Waals surface area contributed by atoms with Gasteiger partial charge in [-0.1, -0.05) is 0 Å². The van der Waals surface area contributed by atoms with Gasteiger partial charge in [-0.15, -0.1) is 0 Å². The SMILES string of the molecule is CCC(C)c1cc(C(C)CC)c2c(c1)[CH]([Zr+2]([CH]1C(C)=Cc3c(C(C)CC)cc(C(C)CC)cc31)=[Si](C)C)C(C)=C2.[Cl-].[Cl-]. The fraction of sp³-hybridized carbons (Fsp3) is 0.579. The number of allylic oxidation sites excluding steroid dienone is 2. The molecule has 2 aliphatic carbocycles. The Morgan fingerprint density at radius 1 is 0.595 bits per heavy atom. The first kappa shape index (κ1) is 37.8. The fourth-order valence-corrected chi connectivity index (χ4v) is 27.9. The molecule has 0 aliphatic heterocycles. The first-order chi connectivity index (χ1) is 19.0. The summed E-state index contributed by atoms with van der Waals surface area (Å²) in [7, 11) is 0. The molecule has 0 saturated carbocycles. The summed E-state index contributed by atoms with van der Waals surface area (Å²) in [4.78, 5) is 0. The Labute approximate surface area is 279 Å². The van der Waals surface area contributed by atoms with Gasteiger partial charge in [0, 0.05) is 0 Å². The third kappa shape index (κ3) is 7.03. The summed E-state index contributed by atoms with van der Waals surface area (Å²) in [5.41, 5.74) is 16.0. The molecule has 0 heterocycles. The van der Waals surface area contributed by atoms with E-state index in [-0.39, 0.29) is 24.8 Å². The van der Waals surface area contributed by atoms with E-state index >= 15 is 0 Å². The van der Waals surface area contributed by atoms with Crippen molar-refractivity contribution in [1.29, 1.82) is 0 Å². The van der Waals surface area contributed by atoms with Crippen molar-refractivity contribution in [3.8, 4) is 0 Å². The minimum absolute atomic E-state index is 0. The number of rotatable bonds is 10. The van der Waals surface area contributed by atoms with Crippen LogP contribution in [0.4, 0.5) is 0 Å². The van der Waals surface area contributed by atoms with Crippen molar-refractivity contribution in [2.24, 2.45) is 0 Å². The van der Waals surface area contributed by atoms with Crippen molar-refractivity contribution >= 4 is 17.6 Å². The van der Waals surface area contributed by atoms with Crippen LogP contribution in [-0.2, 0) is 20.4 Å². The van der Waals surface area contributed by atoms with Gasteiger partial charge >= 0.3 is 257 Å². The van der Waals surface area contributed by atoms with Crippen molar-refractivity contribution < 1.29 is 45.2 Å². The standard InChI is InChI=1S/2C18H25.C2H6Si.2ClH.Zr/c2*1-6-13(4)15-10-16-8-12(3)9-18(16)17(11-15)14(5)7-2;1-3-2;;;/h2*8-11,13-14H,6-7H2,1-5H3;1-2H3;2*1H;/q;;;;;+2/p-2. The molecule has 2 aromatic rings. The van der Waals surface area contributed by atoms with Gasteiger partial charge in [0.2, 0.25) is 0 Å². The molecule has 0 N–H and O–H groups in total. The molecular formula is C38H56Cl2SiZr. The molecule has 0 saturated heterocycles. The first-order valence-electron chi connectivity index (χ1n) is 16.4. The van der Waals surface area contributed by atoms with Crippen LogP contribution in [0, 0.1) is 0 Å². The maximum atomic E-state index is 2.69. The Balaban J connectivity index is 0.00000308. The van der Waals surface area contributed by atoms with E-state index in [1.807, 2.05) is 0 Å². The molecule has 4 heteroatoms. The molecule has 0 radical (unpaired) electrons. The predicted molar refractivity (Wildman–Crippen MR) is 178 cm³/mol. The van der Waals surface area contributed by atoms with Gasteiger partial charge in [-0.25, -0.2) is 0 Å². The van der Waals surface area contributed by atoms with Gasteiger partial charge in [0.05, 0.1) is 0 Å². The quantitative estimate of drug-likeness (QED) is 0.258. The maximum Gasteiger partial charge on any atom is -1.00 e. The van der Waals surface area contributed by atoms with E-state index in [9.17, 15) is 0 Å². The molecule has 6 atom stereocenters. The van der Waals surface area contributed by atoms with Gasteiger partial charge in [-0.05, 0) is 0 Å². The van der Waals surface area contributed by atoms with Crippen LogP contribution in [0.3, 0.4) is 0 Å². The second kappa shape index (κ2) is 15.7. The van der Waals surface area contributed by atoms with Crippen molar-refractivity contribution in [2.75, 3.05) is 0 Å². The van der Waals surface area contributed by atoms with Gasteiger partial charge in [0.1, 0.15) is 0 Å². The Morgan fingerprint density at radius 3 is 1.21 bits per heavy atom. The summed E-state index contributed by atoms with van der Waals surface area (Å²) in [5, 5.41) is 0. The van der Waals surface area contributed by atoms with Crippen LogP contribution >= 0.6 is 0 Å². The second-order valence-corrected chi connectivity index (χ2v) is 31.4. The smallest absolute Gasteiger partial charge is 1.00 e. The molecule has 2 aromatic carbocycles. The van der Waals surface area contributed by atoms with E-state index in [0.717, 1.165) is 0 Å². The fourth-order valence-electron chi connectivity index (χ4n) is 7.23. The zero-order valence-electron chi connectivity index (χ0n) is 28.5. The van der Waals surface area contributed by atoms with Crippen molar-refractivity contribution in [2.45, 2.75) is 139 Å². The Hall–Kier alpha value is -0.400. The number of benzene rings is 2. The van der Waals surface area contributed by atoms with E-state index in [2.05, 4.69) is 119 Å². The Kier molecular flexibility index (Phi) is 14.2. The molecule has 2 aliphatic rings. The van der Waals surface area contributed by atoms with Gasteiger partial charge in [0.15, 0.2) is 0 Å². The molecule has 0 bridgehead atoms. The average molecular weight is 703 g/mol. The maximum absolute atomic E-state index is 2.69. The molecule has 0 fully saturated rings.